The molecule has 0 aliphatic rings. The molecular weight excluding hydrogens is 306 g/mol. The van der Waals surface area contributed by atoms with Crippen LogP contribution in [0.25, 0.3) is 22.2 Å². The molecule has 120 valence electrons. The van der Waals surface area contributed by atoms with Crippen LogP contribution in [0.3, 0.4) is 0 Å². The fraction of sp³-hybridized carbons (Fsp3) is 0.333. The van der Waals surface area contributed by atoms with Crippen molar-refractivity contribution in [3.8, 4) is 11.3 Å². The molecule has 2 heterocycles. The Labute approximate surface area is 140 Å². The number of para-hydroxylation sites is 1. The summed E-state index contributed by atoms with van der Waals surface area (Å²) in [5.74, 6) is 0.0509. The lowest BCUT2D eigenvalue weighted by molar-refractivity contribution is -0.116. The quantitative estimate of drug-likeness (QED) is 0.617. The molecule has 3 aromatic rings. The first-order valence-electron chi connectivity index (χ1n) is 8.02. The third-order valence-electron chi connectivity index (χ3n) is 3.91. The van der Waals surface area contributed by atoms with Gasteiger partial charge in [-0.25, -0.2) is 4.98 Å². The van der Waals surface area contributed by atoms with Crippen LogP contribution in [0.5, 0.6) is 0 Å². The summed E-state index contributed by atoms with van der Waals surface area (Å²) in [7, 11) is 0. The number of aryl methyl sites for hydroxylation is 1. The van der Waals surface area contributed by atoms with Crippen LogP contribution in [0.4, 0.5) is 5.13 Å². The van der Waals surface area contributed by atoms with Crippen LogP contribution in [0, 0.1) is 6.92 Å². The molecule has 3 rings (SSSR count). The maximum Gasteiger partial charge on any atom is 0.226 e. The normalized spacial score (nSPS) is 11.0. The highest BCUT2D eigenvalue weighted by Crippen LogP contribution is 2.33. The van der Waals surface area contributed by atoms with Crippen LogP contribution < -0.4 is 5.32 Å². The molecule has 0 saturated carbocycles. The Morgan fingerprint density at radius 3 is 2.96 bits per heavy atom. The number of aromatic nitrogens is 2. The summed E-state index contributed by atoms with van der Waals surface area (Å²) < 4.78 is 0. The van der Waals surface area contributed by atoms with Gasteiger partial charge in [0.25, 0.3) is 0 Å². The number of unbranched alkanes of at least 4 members (excludes halogenated alkanes) is 2. The first-order valence-corrected chi connectivity index (χ1v) is 8.90. The average Bonchev–Trinajstić information content (AvgIpc) is 3.10. The average molecular weight is 327 g/mol. The summed E-state index contributed by atoms with van der Waals surface area (Å²) in [6.07, 6.45) is 3.70. The maximum absolute atomic E-state index is 11.9. The first-order chi connectivity index (χ1) is 11.2. The van der Waals surface area contributed by atoms with Crippen LogP contribution in [0.1, 0.15) is 38.3 Å². The minimum Gasteiger partial charge on any atom is -0.358 e. The summed E-state index contributed by atoms with van der Waals surface area (Å²) in [5, 5.41) is 6.75. The molecular formula is C18H21N3OS. The van der Waals surface area contributed by atoms with E-state index in [1.54, 1.807) is 0 Å². The summed E-state index contributed by atoms with van der Waals surface area (Å²) in [4.78, 5) is 19.9. The topological polar surface area (TPSA) is 57.8 Å². The van der Waals surface area contributed by atoms with E-state index in [4.69, 9.17) is 0 Å². The van der Waals surface area contributed by atoms with E-state index in [1.807, 2.05) is 17.5 Å². The number of rotatable bonds is 6. The Morgan fingerprint density at radius 2 is 2.13 bits per heavy atom. The molecule has 0 spiro atoms. The number of benzene rings is 1. The highest BCUT2D eigenvalue weighted by Gasteiger charge is 2.14. The smallest absolute Gasteiger partial charge is 0.226 e. The van der Waals surface area contributed by atoms with Gasteiger partial charge in [0.2, 0.25) is 5.91 Å². The minimum absolute atomic E-state index is 0.0509. The summed E-state index contributed by atoms with van der Waals surface area (Å²) >= 11 is 1.48. The summed E-state index contributed by atoms with van der Waals surface area (Å²) in [6, 6.07) is 8.21. The highest BCUT2D eigenvalue weighted by molar-refractivity contribution is 7.14. The van der Waals surface area contributed by atoms with Crippen molar-refractivity contribution in [3.63, 3.8) is 0 Å². The molecule has 23 heavy (non-hydrogen) atoms. The van der Waals surface area contributed by atoms with E-state index in [0.29, 0.717) is 11.6 Å². The van der Waals surface area contributed by atoms with Gasteiger partial charge in [-0.15, -0.1) is 11.3 Å². The molecule has 0 saturated heterocycles. The second kappa shape index (κ2) is 6.96. The van der Waals surface area contributed by atoms with E-state index in [9.17, 15) is 4.79 Å². The maximum atomic E-state index is 11.9. The molecule has 1 aromatic carbocycles. The predicted molar refractivity (Wildman–Crippen MR) is 96.9 cm³/mol. The Kier molecular flexibility index (Phi) is 4.76. The van der Waals surface area contributed by atoms with Crippen LogP contribution in [-0.2, 0) is 4.79 Å². The lowest BCUT2D eigenvalue weighted by Gasteiger charge is -2.01. The van der Waals surface area contributed by atoms with Gasteiger partial charge in [0.05, 0.1) is 5.69 Å². The number of aromatic amines is 1. The van der Waals surface area contributed by atoms with Crippen LogP contribution >= 0.6 is 11.3 Å². The van der Waals surface area contributed by atoms with E-state index >= 15 is 0 Å². The number of anilines is 1. The van der Waals surface area contributed by atoms with Crippen LogP contribution in [0.15, 0.2) is 29.6 Å². The van der Waals surface area contributed by atoms with E-state index in [1.165, 1.54) is 11.3 Å². The number of carbonyl (C=O) groups excluding carboxylic acids is 1. The number of fused-ring (bicyclic) bond motifs is 1. The number of nitrogens with zero attached hydrogens (tertiary/aromatic N) is 1. The number of carbonyl (C=O) groups is 1. The Morgan fingerprint density at radius 1 is 1.30 bits per heavy atom. The molecule has 2 N–H and O–H groups in total. The van der Waals surface area contributed by atoms with E-state index < -0.39 is 0 Å². The van der Waals surface area contributed by atoms with Gasteiger partial charge in [0.15, 0.2) is 5.13 Å². The molecule has 1 amide bonds. The van der Waals surface area contributed by atoms with Crippen molar-refractivity contribution in [2.24, 2.45) is 0 Å². The van der Waals surface area contributed by atoms with Gasteiger partial charge in [-0.05, 0) is 19.4 Å². The number of thiazole rings is 1. The van der Waals surface area contributed by atoms with Crippen molar-refractivity contribution in [1.82, 2.24) is 9.97 Å². The highest BCUT2D eigenvalue weighted by atomic mass is 32.1. The molecule has 5 heteroatoms. The van der Waals surface area contributed by atoms with Gasteiger partial charge >= 0.3 is 0 Å². The number of hydrogen-bond acceptors (Lipinski definition) is 3. The molecule has 0 bridgehead atoms. The summed E-state index contributed by atoms with van der Waals surface area (Å²) in [5.41, 5.74) is 4.23. The number of amides is 1. The number of nitrogens with one attached hydrogen (secondary N) is 2. The Balaban J connectivity index is 1.78. The number of H-pyrrole nitrogens is 1. The zero-order chi connectivity index (χ0) is 16.2. The van der Waals surface area contributed by atoms with Gasteiger partial charge in [0, 0.05) is 34.0 Å². The van der Waals surface area contributed by atoms with Crippen molar-refractivity contribution in [2.45, 2.75) is 39.5 Å². The fourth-order valence-electron chi connectivity index (χ4n) is 2.77. The van der Waals surface area contributed by atoms with Crippen molar-refractivity contribution >= 4 is 33.3 Å². The first kappa shape index (κ1) is 15.7. The van der Waals surface area contributed by atoms with Crippen LogP contribution in [-0.4, -0.2) is 15.9 Å². The molecule has 4 nitrogen and oxygen atoms in total. The fourth-order valence-corrected chi connectivity index (χ4v) is 3.49. The second-order valence-corrected chi connectivity index (χ2v) is 6.57. The SMILES string of the molecule is CCCCCC(=O)Nc1nc(-c2c(C)[nH]c3ccccc23)cs1. The molecule has 0 aliphatic carbocycles. The van der Waals surface area contributed by atoms with Gasteiger partial charge in [-0.1, -0.05) is 38.0 Å². The number of hydrogen-bond donors (Lipinski definition) is 2. The van der Waals surface area contributed by atoms with Crippen molar-refractivity contribution in [1.29, 1.82) is 0 Å². The lowest BCUT2D eigenvalue weighted by Crippen LogP contribution is -2.10. The predicted octanol–water partition coefficient (Wildman–Crippen LogP) is 5.12. The van der Waals surface area contributed by atoms with E-state index in [0.717, 1.165) is 47.1 Å². The minimum atomic E-state index is 0.0509. The lowest BCUT2D eigenvalue weighted by atomic mass is 10.1. The van der Waals surface area contributed by atoms with Crippen molar-refractivity contribution < 1.29 is 4.79 Å². The van der Waals surface area contributed by atoms with E-state index in [-0.39, 0.29) is 5.91 Å². The van der Waals surface area contributed by atoms with Crippen molar-refractivity contribution in [3.05, 3.63) is 35.3 Å². The molecule has 0 unspecified atom stereocenters. The van der Waals surface area contributed by atoms with Crippen molar-refractivity contribution in [2.75, 3.05) is 5.32 Å². The Bertz CT molecular complexity index is 819. The van der Waals surface area contributed by atoms with Gasteiger partial charge in [0.1, 0.15) is 0 Å². The molecule has 0 radical (unpaired) electrons. The second-order valence-electron chi connectivity index (χ2n) is 5.71. The monoisotopic (exact) mass is 327 g/mol. The zero-order valence-corrected chi connectivity index (χ0v) is 14.3. The van der Waals surface area contributed by atoms with Gasteiger partial charge < -0.3 is 10.3 Å². The summed E-state index contributed by atoms with van der Waals surface area (Å²) in [6.45, 7) is 4.19. The van der Waals surface area contributed by atoms with Gasteiger partial charge in [-0.2, -0.15) is 0 Å². The molecule has 0 atom stereocenters. The zero-order valence-electron chi connectivity index (χ0n) is 13.5. The third kappa shape index (κ3) is 3.45. The molecule has 2 aromatic heterocycles. The third-order valence-corrected chi connectivity index (χ3v) is 4.67. The Hall–Kier alpha value is -2.14. The standard InChI is InChI=1S/C18H21N3OS/c1-3-4-5-10-16(22)21-18-20-15(11-23-18)17-12(2)19-14-9-7-6-8-13(14)17/h6-9,11,19H,3-5,10H2,1-2H3,(H,20,21,22). The van der Waals surface area contributed by atoms with E-state index in [2.05, 4.69) is 41.3 Å². The largest absolute Gasteiger partial charge is 0.358 e. The molecule has 0 fully saturated rings. The molecule has 0 aliphatic heterocycles. The van der Waals surface area contributed by atoms with Crippen LogP contribution in [0.2, 0.25) is 0 Å². The van der Waals surface area contributed by atoms with Gasteiger partial charge in [-0.3, -0.25) is 4.79 Å².